The number of methoxy groups -OCH3 is 1. The molecule has 7 nitrogen and oxygen atoms in total. The molecule has 0 bridgehead atoms. The summed E-state index contributed by atoms with van der Waals surface area (Å²) in [5.41, 5.74) is 1.87. The van der Waals surface area contributed by atoms with Crippen LogP contribution in [0.3, 0.4) is 0 Å². The molecule has 1 saturated heterocycles. The molecular weight excluding hydrogens is 304 g/mol. The lowest BCUT2D eigenvalue weighted by Gasteiger charge is -2.38. The fraction of sp³-hybridized carbons (Fsp3) is 0.571. The number of carbonyl (C=O) groups excluding carboxylic acids is 1. The minimum atomic E-state index is -0.306. The van der Waals surface area contributed by atoms with E-state index in [1.54, 1.807) is 18.0 Å². The van der Waals surface area contributed by atoms with Gasteiger partial charge in [-0.25, -0.2) is 4.98 Å². The van der Waals surface area contributed by atoms with Gasteiger partial charge in [-0.15, -0.1) is 11.3 Å². The fourth-order valence-electron chi connectivity index (χ4n) is 2.76. The highest BCUT2D eigenvalue weighted by atomic mass is 32.1. The van der Waals surface area contributed by atoms with E-state index >= 15 is 0 Å². The molecular formula is C14H18N4O3S. The average Bonchev–Trinajstić information content (AvgIpc) is 3.18. The first-order valence-corrected chi connectivity index (χ1v) is 8.06. The van der Waals surface area contributed by atoms with Crippen molar-refractivity contribution in [1.29, 1.82) is 0 Å². The molecule has 1 aliphatic heterocycles. The van der Waals surface area contributed by atoms with Crippen LogP contribution in [0.25, 0.3) is 0 Å². The first-order chi connectivity index (χ1) is 10.6. The third-order valence-electron chi connectivity index (χ3n) is 3.91. The smallest absolute Gasteiger partial charge is 0.273 e. The van der Waals surface area contributed by atoms with Crippen LogP contribution in [0.1, 0.15) is 42.0 Å². The molecule has 0 aliphatic carbocycles. The Labute approximate surface area is 132 Å². The maximum atomic E-state index is 12.5. The highest BCUT2D eigenvalue weighted by Crippen LogP contribution is 2.32. The summed E-state index contributed by atoms with van der Waals surface area (Å²) in [5, 5.41) is 5.85. The Balaban J connectivity index is 1.77. The summed E-state index contributed by atoms with van der Waals surface area (Å²) in [6, 6.07) is 0. The van der Waals surface area contributed by atoms with E-state index in [2.05, 4.69) is 22.0 Å². The van der Waals surface area contributed by atoms with Crippen LogP contribution in [-0.4, -0.2) is 46.1 Å². The Morgan fingerprint density at radius 1 is 1.59 bits per heavy atom. The van der Waals surface area contributed by atoms with Gasteiger partial charge >= 0.3 is 0 Å². The number of hydrogen-bond acceptors (Lipinski definition) is 7. The number of carbonyl (C=O) groups is 1. The van der Waals surface area contributed by atoms with E-state index in [0.29, 0.717) is 30.6 Å². The van der Waals surface area contributed by atoms with E-state index < -0.39 is 0 Å². The molecule has 2 aromatic heterocycles. The third kappa shape index (κ3) is 2.89. The zero-order valence-corrected chi connectivity index (χ0v) is 13.4. The van der Waals surface area contributed by atoms with Gasteiger partial charge in [-0.2, -0.15) is 4.98 Å². The van der Waals surface area contributed by atoms with Crippen molar-refractivity contribution in [2.24, 2.45) is 0 Å². The van der Waals surface area contributed by atoms with Crippen molar-refractivity contribution in [1.82, 2.24) is 20.0 Å². The molecule has 0 spiro atoms. The number of thiazole rings is 1. The number of hydrogen-bond donors (Lipinski definition) is 0. The van der Waals surface area contributed by atoms with E-state index in [1.807, 2.05) is 4.90 Å². The van der Waals surface area contributed by atoms with Crippen LogP contribution in [0.2, 0.25) is 0 Å². The minimum absolute atomic E-state index is 0.0345. The molecule has 3 heterocycles. The summed E-state index contributed by atoms with van der Waals surface area (Å²) in [7, 11) is 1.58. The first-order valence-electron chi connectivity index (χ1n) is 7.12. The zero-order chi connectivity index (χ0) is 15.6. The number of rotatable bonds is 4. The Kier molecular flexibility index (Phi) is 4.21. The number of piperidine rings is 1. The van der Waals surface area contributed by atoms with Gasteiger partial charge in [-0.05, 0) is 12.8 Å². The predicted molar refractivity (Wildman–Crippen MR) is 79.6 cm³/mol. The van der Waals surface area contributed by atoms with Gasteiger partial charge in [0.25, 0.3) is 11.8 Å². The van der Waals surface area contributed by atoms with Crippen molar-refractivity contribution in [3.8, 4) is 0 Å². The first kappa shape index (κ1) is 15.1. The molecule has 1 aliphatic rings. The van der Waals surface area contributed by atoms with Gasteiger partial charge in [0.15, 0.2) is 5.82 Å². The van der Waals surface area contributed by atoms with Gasteiger partial charge in [-0.1, -0.05) is 12.1 Å². The van der Waals surface area contributed by atoms with Crippen molar-refractivity contribution in [3.63, 3.8) is 0 Å². The molecule has 8 heteroatoms. The lowest BCUT2D eigenvalue weighted by atomic mass is 9.81. The highest BCUT2D eigenvalue weighted by molar-refractivity contribution is 7.07. The van der Waals surface area contributed by atoms with Gasteiger partial charge < -0.3 is 14.2 Å². The van der Waals surface area contributed by atoms with Crippen LogP contribution in [0.15, 0.2) is 15.4 Å². The molecule has 1 unspecified atom stereocenters. The normalized spacial score (nSPS) is 22.0. The number of ether oxygens (including phenoxy) is 1. The summed E-state index contributed by atoms with van der Waals surface area (Å²) in [6.45, 7) is 3.66. The van der Waals surface area contributed by atoms with Gasteiger partial charge in [0, 0.05) is 31.0 Å². The number of amides is 1. The van der Waals surface area contributed by atoms with Crippen LogP contribution >= 0.6 is 11.3 Å². The van der Waals surface area contributed by atoms with Gasteiger partial charge in [0.2, 0.25) is 0 Å². The molecule has 0 radical (unpaired) electrons. The Morgan fingerprint density at radius 2 is 2.45 bits per heavy atom. The maximum absolute atomic E-state index is 12.5. The molecule has 2 aromatic rings. The van der Waals surface area contributed by atoms with E-state index in [0.717, 1.165) is 19.4 Å². The van der Waals surface area contributed by atoms with Gasteiger partial charge in [0.05, 0.1) is 5.51 Å². The largest absolute Gasteiger partial charge is 0.375 e. The van der Waals surface area contributed by atoms with Gasteiger partial charge in [0.1, 0.15) is 12.3 Å². The standard InChI is InChI=1S/C14H18N4O3S/c1-14(13-16-11(6-20-2)21-17-13)4-3-5-18(8-14)12(19)10-7-22-9-15-10/h7,9H,3-6,8H2,1-2H3. The van der Waals surface area contributed by atoms with E-state index in [-0.39, 0.29) is 11.3 Å². The van der Waals surface area contributed by atoms with E-state index in [4.69, 9.17) is 9.26 Å². The molecule has 1 amide bonds. The maximum Gasteiger partial charge on any atom is 0.273 e. The molecule has 118 valence electrons. The van der Waals surface area contributed by atoms with Crippen molar-refractivity contribution in [3.05, 3.63) is 28.3 Å². The SMILES string of the molecule is COCc1nc(C2(C)CCCN(C(=O)c3cscn3)C2)no1. The van der Waals surface area contributed by atoms with Crippen molar-refractivity contribution < 1.29 is 14.1 Å². The topological polar surface area (TPSA) is 81.4 Å². The van der Waals surface area contributed by atoms with Crippen LogP contribution in [0, 0.1) is 0 Å². The Morgan fingerprint density at radius 3 is 3.18 bits per heavy atom. The summed E-state index contributed by atoms with van der Waals surface area (Å²) < 4.78 is 10.2. The second-order valence-electron chi connectivity index (χ2n) is 5.71. The summed E-state index contributed by atoms with van der Waals surface area (Å²) in [6.07, 6.45) is 1.82. The molecule has 22 heavy (non-hydrogen) atoms. The van der Waals surface area contributed by atoms with E-state index in [9.17, 15) is 4.79 Å². The van der Waals surface area contributed by atoms with Gasteiger partial charge in [-0.3, -0.25) is 4.79 Å². The summed E-state index contributed by atoms with van der Waals surface area (Å²) in [5.74, 6) is 1.06. The molecule has 1 fully saturated rings. The van der Waals surface area contributed by atoms with Crippen LogP contribution < -0.4 is 0 Å². The summed E-state index contributed by atoms with van der Waals surface area (Å²) >= 11 is 1.42. The second-order valence-corrected chi connectivity index (χ2v) is 6.43. The average molecular weight is 322 g/mol. The Hall–Kier alpha value is -1.80. The number of aromatic nitrogens is 3. The minimum Gasteiger partial charge on any atom is -0.375 e. The molecule has 0 aromatic carbocycles. The zero-order valence-electron chi connectivity index (χ0n) is 12.6. The van der Waals surface area contributed by atoms with Crippen LogP contribution in [-0.2, 0) is 16.8 Å². The quantitative estimate of drug-likeness (QED) is 0.854. The number of likely N-dealkylation sites (tertiary alicyclic amines) is 1. The van der Waals surface area contributed by atoms with Crippen molar-refractivity contribution >= 4 is 17.2 Å². The van der Waals surface area contributed by atoms with E-state index in [1.165, 1.54) is 11.3 Å². The van der Waals surface area contributed by atoms with Crippen molar-refractivity contribution in [2.45, 2.75) is 31.8 Å². The van der Waals surface area contributed by atoms with Crippen molar-refractivity contribution in [2.75, 3.05) is 20.2 Å². The van der Waals surface area contributed by atoms with Crippen LogP contribution in [0.5, 0.6) is 0 Å². The predicted octanol–water partition coefficient (Wildman–Crippen LogP) is 1.87. The summed E-state index contributed by atoms with van der Waals surface area (Å²) in [4.78, 5) is 22.8. The highest BCUT2D eigenvalue weighted by Gasteiger charge is 2.39. The van der Waals surface area contributed by atoms with Crippen LogP contribution in [0.4, 0.5) is 0 Å². The molecule has 0 N–H and O–H groups in total. The second kappa shape index (κ2) is 6.13. The Bertz CT molecular complexity index is 642. The molecule has 1 atom stereocenters. The lowest BCUT2D eigenvalue weighted by molar-refractivity contribution is 0.0637. The third-order valence-corrected chi connectivity index (χ3v) is 4.50. The fourth-order valence-corrected chi connectivity index (χ4v) is 3.28. The molecule has 3 rings (SSSR count). The number of nitrogens with zero attached hydrogens (tertiary/aromatic N) is 4. The lowest BCUT2D eigenvalue weighted by Crippen LogP contribution is -2.47. The molecule has 0 saturated carbocycles. The monoisotopic (exact) mass is 322 g/mol.